The maximum atomic E-state index is 12.7. The Labute approximate surface area is 153 Å². The van der Waals surface area contributed by atoms with Gasteiger partial charge in [0.2, 0.25) is 5.88 Å². The summed E-state index contributed by atoms with van der Waals surface area (Å²) < 4.78 is 70.3. The lowest BCUT2D eigenvalue weighted by Crippen LogP contribution is -2.15. The number of aromatic nitrogens is 2. The van der Waals surface area contributed by atoms with E-state index in [2.05, 4.69) is 14.7 Å². The first-order chi connectivity index (χ1) is 12.7. The van der Waals surface area contributed by atoms with E-state index in [1.807, 2.05) is 6.07 Å². The number of nitrogens with one attached hydrogen (secondary N) is 2. The van der Waals surface area contributed by atoms with Gasteiger partial charge in [0.05, 0.1) is 7.11 Å². The number of alkyl halides is 3. The number of hydrogen-bond donors (Lipinski definition) is 2. The maximum Gasteiger partial charge on any atom is 0.433 e. The maximum absolute atomic E-state index is 12.7. The van der Waals surface area contributed by atoms with E-state index in [9.17, 15) is 21.6 Å². The Morgan fingerprint density at radius 3 is 2.44 bits per heavy atom. The first-order valence-electron chi connectivity index (χ1n) is 7.59. The van der Waals surface area contributed by atoms with E-state index in [0.717, 1.165) is 18.7 Å². The van der Waals surface area contributed by atoms with Crippen molar-refractivity contribution in [2.45, 2.75) is 11.1 Å². The monoisotopic (exact) mass is 397 g/mol. The minimum atomic E-state index is -4.67. The molecule has 27 heavy (non-hydrogen) atoms. The summed E-state index contributed by atoms with van der Waals surface area (Å²) >= 11 is 0. The third kappa shape index (κ3) is 4.05. The molecule has 0 bridgehead atoms. The zero-order valence-corrected chi connectivity index (χ0v) is 14.7. The molecule has 0 saturated heterocycles. The highest BCUT2D eigenvalue weighted by atomic mass is 32.2. The Bertz CT molecular complexity index is 1050. The number of hydrogen-bond acceptors (Lipinski definition) is 4. The highest BCUT2D eigenvalue weighted by Crippen LogP contribution is 2.33. The molecule has 142 valence electrons. The second kappa shape index (κ2) is 6.95. The molecule has 0 amide bonds. The van der Waals surface area contributed by atoms with E-state index in [0.29, 0.717) is 11.8 Å². The number of sulfonamides is 1. The average molecular weight is 397 g/mol. The first-order valence-corrected chi connectivity index (χ1v) is 9.08. The number of nitrogens with zero attached hydrogens (tertiary/aromatic N) is 1. The molecule has 3 aromatic rings. The van der Waals surface area contributed by atoms with Gasteiger partial charge in [-0.2, -0.15) is 13.2 Å². The van der Waals surface area contributed by atoms with Crippen LogP contribution in [0.25, 0.3) is 11.3 Å². The molecule has 2 N–H and O–H groups in total. The SMILES string of the molecule is COc1nc(C(F)(F)F)ccc1NS(=O)(=O)c1c[nH]c(-c2ccccc2)c1. The van der Waals surface area contributed by atoms with Crippen molar-refractivity contribution in [2.75, 3.05) is 11.8 Å². The zero-order chi connectivity index (χ0) is 19.7. The fourth-order valence-corrected chi connectivity index (χ4v) is 3.40. The lowest BCUT2D eigenvalue weighted by Gasteiger charge is -2.12. The number of benzene rings is 1. The van der Waals surface area contributed by atoms with E-state index < -0.39 is 27.8 Å². The fourth-order valence-electron chi connectivity index (χ4n) is 2.35. The Hall–Kier alpha value is -3.01. The van der Waals surface area contributed by atoms with Crippen LogP contribution in [-0.4, -0.2) is 25.5 Å². The van der Waals surface area contributed by atoms with E-state index >= 15 is 0 Å². The highest BCUT2D eigenvalue weighted by Gasteiger charge is 2.33. The molecule has 0 spiro atoms. The van der Waals surface area contributed by atoms with Crippen LogP contribution < -0.4 is 9.46 Å². The van der Waals surface area contributed by atoms with Crippen molar-refractivity contribution in [1.82, 2.24) is 9.97 Å². The smallest absolute Gasteiger partial charge is 0.433 e. The van der Waals surface area contributed by atoms with Crippen LogP contribution in [0.3, 0.4) is 0 Å². The Balaban J connectivity index is 1.90. The second-order valence-electron chi connectivity index (χ2n) is 5.47. The predicted octanol–water partition coefficient (Wildman–Crippen LogP) is 3.90. The number of rotatable bonds is 5. The number of halogens is 3. The second-order valence-corrected chi connectivity index (χ2v) is 7.15. The summed E-state index contributed by atoms with van der Waals surface area (Å²) in [5, 5.41) is 0. The van der Waals surface area contributed by atoms with Crippen LogP contribution in [-0.2, 0) is 16.2 Å². The molecule has 0 radical (unpaired) electrons. The average Bonchev–Trinajstić information content (AvgIpc) is 3.13. The number of aromatic amines is 1. The van der Waals surface area contributed by atoms with Crippen LogP contribution in [0, 0.1) is 0 Å². The van der Waals surface area contributed by atoms with Gasteiger partial charge >= 0.3 is 6.18 Å². The van der Waals surface area contributed by atoms with Gasteiger partial charge in [0.1, 0.15) is 16.3 Å². The van der Waals surface area contributed by atoms with Gasteiger partial charge in [-0.05, 0) is 23.8 Å². The normalized spacial score (nSPS) is 12.0. The molecule has 0 aliphatic heterocycles. The third-order valence-corrected chi connectivity index (χ3v) is 4.98. The molecular weight excluding hydrogens is 383 g/mol. The van der Waals surface area contributed by atoms with Gasteiger partial charge in [0.15, 0.2) is 0 Å². The molecule has 1 aromatic carbocycles. The molecule has 6 nitrogen and oxygen atoms in total. The van der Waals surface area contributed by atoms with Crippen molar-refractivity contribution in [2.24, 2.45) is 0 Å². The minimum absolute atomic E-state index is 0.0803. The first kappa shape index (κ1) is 18.8. The summed E-state index contributed by atoms with van der Waals surface area (Å²) in [6, 6.07) is 12.1. The Morgan fingerprint density at radius 2 is 1.81 bits per heavy atom. The van der Waals surface area contributed by atoms with Gasteiger partial charge in [-0.1, -0.05) is 30.3 Å². The van der Waals surface area contributed by atoms with Gasteiger partial charge in [-0.25, -0.2) is 13.4 Å². The number of methoxy groups -OCH3 is 1. The number of anilines is 1. The van der Waals surface area contributed by atoms with Crippen molar-refractivity contribution in [3.63, 3.8) is 0 Å². The van der Waals surface area contributed by atoms with Crippen molar-refractivity contribution in [3.8, 4) is 17.1 Å². The molecule has 0 unspecified atom stereocenters. The molecule has 0 fully saturated rings. The zero-order valence-electron chi connectivity index (χ0n) is 13.9. The molecule has 10 heteroatoms. The Morgan fingerprint density at radius 1 is 1.11 bits per heavy atom. The van der Waals surface area contributed by atoms with Gasteiger partial charge in [-0.3, -0.25) is 4.72 Å². The summed E-state index contributed by atoms with van der Waals surface area (Å²) in [5.41, 5.74) is -0.0236. The van der Waals surface area contributed by atoms with Crippen LogP contribution in [0.2, 0.25) is 0 Å². The van der Waals surface area contributed by atoms with Crippen molar-refractivity contribution in [3.05, 3.63) is 60.4 Å². The van der Waals surface area contributed by atoms with E-state index in [4.69, 9.17) is 4.74 Å². The number of H-pyrrole nitrogens is 1. The highest BCUT2D eigenvalue weighted by molar-refractivity contribution is 7.92. The molecule has 3 rings (SSSR count). The number of ether oxygens (including phenoxy) is 1. The topological polar surface area (TPSA) is 84.1 Å². The molecular formula is C17H14F3N3O3S. The van der Waals surface area contributed by atoms with Gasteiger partial charge in [-0.15, -0.1) is 0 Å². The lowest BCUT2D eigenvalue weighted by atomic mass is 10.2. The van der Waals surface area contributed by atoms with Crippen molar-refractivity contribution < 1.29 is 26.3 Å². The summed E-state index contributed by atoms with van der Waals surface area (Å²) in [6.07, 6.45) is -3.38. The summed E-state index contributed by atoms with van der Waals surface area (Å²) in [5.74, 6) is -0.479. The molecule has 0 saturated carbocycles. The quantitative estimate of drug-likeness (QED) is 0.684. The van der Waals surface area contributed by atoms with Crippen LogP contribution >= 0.6 is 0 Å². The van der Waals surface area contributed by atoms with Crippen LogP contribution in [0.4, 0.5) is 18.9 Å². The van der Waals surface area contributed by atoms with E-state index in [1.54, 1.807) is 24.3 Å². The van der Waals surface area contributed by atoms with Gasteiger partial charge in [0.25, 0.3) is 10.0 Å². The number of pyridine rings is 1. The summed E-state index contributed by atoms with van der Waals surface area (Å²) in [6.45, 7) is 0. The molecule has 2 aromatic heterocycles. The predicted molar refractivity (Wildman–Crippen MR) is 92.8 cm³/mol. The van der Waals surface area contributed by atoms with E-state index in [1.165, 1.54) is 12.3 Å². The van der Waals surface area contributed by atoms with Crippen molar-refractivity contribution in [1.29, 1.82) is 0 Å². The van der Waals surface area contributed by atoms with E-state index in [-0.39, 0.29) is 10.6 Å². The third-order valence-electron chi connectivity index (χ3n) is 3.64. The summed E-state index contributed by atoms with van der Waals surface area (Å²) in [7, 11) is -2.96. The molecule has 0 aliphatic rings. The van der Waals surface area contributed by atoms with Crippen LogP contribution in [0.15, 0.2) is 59.6 Å². The molecule has 0 aliphatic carbocycles. The van der Waals surface area contributed by atoms with Crippen molar-refractivity contribution >= 4 is 15.7 Å². The standard InChI is InChI=1S/C17H14F3N3O3S/c1-26-16-13(7-8-15(22-16)17(18,19)20)23-27(24,25)12-9-14(21-10-12)11-5-3-2-4-6-11/h2-10,21,23H,1H3. The largest absolute Gasteiger partial charge is 0.479 e. The van der Waals surface area contributed by atoms with Gasteiger partial charge < -0.3 is 9.72 Å². The minimum Gasteiger partial charge on any atom is -0.479 e. The molecule has 0 atom stereocenters. The van der Waals surface area contributed by atoms with Gasteiger partial charge in [0, 0.05) is 11.9 Å². The van der Waals surface area contributed by atoms with Crippen LogP contribution in [0.1, 0.15) is 5.69 Å². The molecule has 2 heterocycles. The Kier molecular flexibility index (Phi) is 4.83. The lowest BCUT2D eigenvalue weighted by molar-refractivity contribution is -0.141. The fraction of sp³-hybridized carbons (Fsp3) is 0.118. The van der Waals surface area contributed by atoms with Crippen LogP contribution in [0.5, 0.6) is 5.88 Å². The summed E-state index contributed by atoms with van der Waals surface area (Å²) in [4.78, 5) is 6.09.